The summed E-state index contributed by atoms with van der Waals surface area (Å²) < 4.78 is 0.806. The van der Waals surface area contributed by atoms with Crippen LogP contribution in [0.5, 0.6) is 0 Å². The number of nitrogens with zero attached hydrogens (tertiary/aromatic N) is 3. The summed E-state index contributed by atoms with van der Waals surface area (Å²) in [5, 5.41) is 10.6. The zero-order valence-corrected chi connectivity index (χ0v) is 10.7. The molecule has 1 rings (SSSR count). The predicted molar refractivity (Wildman–Crippen MR) is 65.9 cm³/mol. The highest BCUT2D eigenvalue weighted by Crippen LogP contribution is 2.01. The Balaban J connectivity index is 3.12. The zero-order valence-electron chi connectivity index (χ0n) is 10.7. The van der Waals surface area contributed by atoms with E-state index in [1.54, 1.807) is 25.9 Å². The fraction of sp³-hybridized carbons (Fsp3) is 0.500. The van der Waals surface area contributed by atoms with Gasteiger partial charge in [0.15, 0.2) is 0 Å². The van der Waals surface area contributed by atoms with Crippen LogP contribution in [-0.4, -0.2) is 38.4 Å². The number of likely N-dealkylation sites (N-methyl/N-ethyl adjacent to an activating group) is 1. The summed E-state index contributed by atoms with van der Waals surface area (Å²) in [6, 6.07) is -0.0686. The molecule has 0 spiro atoms. The van der Waals surface area contributed by atoms with Crippen LogP contribution in [0.15, 0.2) is 15.8 Å². The summed E-state index contributed by atoms with van der Waals surface area (Å²) in [6.45, 7) is 3.21. The highest BCUT2D eigenvalue weighted by atomic mass is 16.6. The SMILES string of the molecule is CC(C)N(C)C(=O)Cn1cc([N+](=O)[O-])c(=O)[nH]c1=O. The van der Waals surface area contributed by atoms with E-state index in [9.17, 15) is 24.5 Å². The van der Waals surface area contributed by atoms with Crippen molar-refractivity contribution in [1.29, 1.82) is 0 Å². The second-order valence-corrected chi connectivity index (χ2v) is 4.26. The van der Waals surface area contributed by atoms with Crippen LogP contribution < -0.4 is 11.2 Å². The molecular formula is C10H14N4O5. The van der Waals surface area contributed by atoms with E-state index in [1.807, 2.05) is 0 Å². The van der Waals surface area contributed by atoms with E-state index >= 15 is 0 Å². The van der Waals surface area contributed by atoms with Gasteiger partial charge in [0.1, 0.15) is 6.54 Å². The van der Waals surface area contributed by atoms with Crippen molar-refractivity contribution in [2.45, 2.75) is 26.4 Å². The fourth-order valence-corrected chi connectivity index (χ4v) is 1.29. The minimum Gasteiger partial charge on any atom is -0.342 e. The number of carbonyl (C=O) groups excluding carboxylic acids is 1. The van der Waals surface area contributed by atoms with Gasteiger partial charge in [-0.15, -0.1) is 0 Å². The molecule has 9 nitrogen and oxygen atoms in total. The second kappa shape index (κ2) is 5.46. The molecule has 1 heterocycles. The molecule has 1 aromatic rings. The van der Waals surface area contributed by atoms with Crippen molar-refractivity contribution in [3.05, 3.63) is 37.1 Å². The van der Waals surface area contributed by atoms with Crippen molar-refractivity contribution >= 4 is 11.6 Å². The lowest BCUT2D eigenvalue weighted by atomic mass is 10.3. The Kier molecular flexibility index (Phi) is 4.20. The summed E-state index contributed by atoms with van der Waals surface area (Å²) in [6.07, 6.45) is 0.771. The number of aromatic nitrogens is 2. The van der Waals surface area contributed by atoms with Crippen molar-refractivity contribution in [3.8, 4) is 0 Å². The Labute approximate surface area is 107 Å². The van der Waals surface area contributed by atoms with Crippen molar-refractivity contribution in [1.82, 2.24) is 14.5 Å². The topological polar surface area (TPSA) is 118 Å². The molecule has 0 bridgehead atoms. The monoisotopic (exact) mass is 270 g/mol. The minimum atomic E-state index is -1.09. The molecule has 0 radical (unpaired) electrons. The molecule has 0 saturated heterocycles. The van der Waals surface area contributed by atoms with Crippen LogP contribution in [0.4, 0.5) is 5.69 Å². The van der Waals surface area contributed by atoms with Crippen LogP contribution in [0, 0.1) is 10.1 Å². The van der Waals surface area contributed by atoms with Crippen molar-refractivity contribution in [3.63, 3.8) is 0 Å². The molecular weight excluding hydrogens is 256 g/mol. The smallest absolute Gasteiger partial charge is 0.342 e. The second-order valence-electron chi connectivity index (χ2n) is 4.26. The van der Waals surface area contributed by atoms with Crippen LogP contribution in [0.1, 0.15) is 13.8 Å². The highest BCUT2D eigenvalue weighted by Gasteiger charge is 2.18. The molecule has 19 heavy (non-hydrogen) atoms. The lowest BCUT2D eigenvalue weighted by Crippen LogP contribution is -2.39. The van der Waals surface area contributed by atoms with E-state index in [0.717, 1.165) is 10.8 Å². The number of nitrogens with one attached hydrogen (secondary N) is 1. The van der Waals surface area contributed by atoms with Gasteiger partial charge >= 0.3 is 16.9 Å². The van der Waals surface area contributed by atoms with Crippen LogP contribution in [0.25, 0.3) is 0 Å². The van der Waals surface area contributed by atoms with Gasteiger partial charge in [0.2, 0.25) is 5.91 Å². The molecule has 104 valence electrons. The zero-order chi connectivity index (χ0) is 14.7. The molecule has 0 aromatic carbocycles. The molecule has 0 atom stereocenters. The average molecular weight is 270 g/mol. The van der Waals surface area contributed by atoms with Gasteiger partial charge in [0, 0.05) is 13.1 Å². The van der Waals surface area contributed by atoms with Crippen LogP contribution >= 0.6 is 0 Å². The number of nitro groups is 1. The lowest BCUT2D eigenvalue weighted by molar-refractivity contribution is -0.386. The molecule has 0 fully saturated rings. The van der Waals surface area contributed by atoms with Gasteiger partial charge in [0.25, 0.3) is 0 Å². The van der Waals surface area contributed by atoms with Gasteiger partial charge in [0.05, 0.1) is 11.1 Å². The van der Waals surface area contributed by atoms with Crippen molar-refractivity contribution in [2.75, 3.05) is 7.05 Å². The first-order chi connectivity index (χ1) is 8.73. The Bertz CT molecular complexity index is 615. The standard InChI is InChI=1S/C10H14N4O5/c1-6(2)12(3)8(15)5-13-4-7(14(18)19)9(16)11-10(13)17/h4,6H,5H2,1-3H3,(H,11,16,17). The Morgan fingerprint density at radius 1 is 1.53 bits per heavy atom. The number of amides is 1. The van der Waals surface area contributed by atoms with Gasteiger partial charge in [-0.3, -0.25) is 29.3 Å². The van der Waals surface area contributed by atoms with E-state index in [1.165, 1.54) is 4.90 Å². The predicted octanol–water partition coefficient (Wildman–Crippen LogP) is -0.688. The third kappa shape index (κ3) is 3.27. The van der Waals surface area contributed by atoms with E-state index in [4.69, 9.17) is 0 Å². The van der Waals surface area contributed by atoms with Gasteiger partial charge in [-0.25, -0.2) is 4.79 Å². The molecule has 1 aromatic heterocycles. The third-order valence-electron chi connectivity index (χ3n) is 2.66. The summed E-state index contributed by atoms with van der Waals surface area (Å²) in [4.78, 5) is 47.3. The van der Waals surface area contributed by atoms with Gasteiger partial charge < -0.3 is 4.90 Å². The van der Waals surface area contributed by atoms with Crippen molar-refractivity contribution < 1.29 is 9.72 Å². The summed E-state index contributed by atoms with van der Waals surface area (Å²) in [5.41, 5.74) is -2.73. The number of carbonyl (C=O) groups is 1. The van der Waals surface area contributed by atoms with E-state index in [-0.39, 0.29) is 12.6 Å². The first-order valence-electron chi connectivity index (χ1n) is 5.48. The minimum absolute atomic E-state index is 0.0686. The quantitative estimate of drug-likeness (QED) is 0.574. The van der Waals surface area contributed by atoms with E-state index in [0.29, 0.717) is 0 Å². The lowest BCUT2D eigenvalue weighted by Gasteiger charge is -2.21. The summed E-state index contributed by atoms with van der Waals surface area (Å²) >= 11 is 0. The largest absolute Gasteiger partial charge is 0.350 e. The molecule has 9 heteroatoms. The highest BCUT2D eigenvalue weighted by molar-refractivity contribution is 5.75. The normalized spacial score (nSPS) is 10.5. The van der Waals surface area contributed by atoms with Crippen LogP contribution in [-0.2, 0) is 11.3 Å². The summed E-state index contributed by atoms with van der Waals surface area (Å²) in [7, 11) is 1.55. The number of hydrogen-bond acceptors (Lipinski definition) is 5. The van der Waals surface area contributed by atoms with Gasteiger partial charge in [-0.1, -0.05) is 0 Å². The maximum Gasteiger partial charge on any atom is 0.350 e. The van der Waals surface area contributed by atoms with Crippen molar-refractivity contribution in [2.24, 2.45) is 0 Å². The Hall–Kier alpha value is -2.45. The molecule has 0 aliphatic heterocycles. The fourth-order valence-electron chi connectivity index (χ4n) is 1.29. The summed E-state index contributed by atoms with van der Waals surface area (Å²) in [5.74, 6) is -0.390. The maximum atomic E-state index is 11.8. The molecule has 0 saturated carbocycles. The maximum absolute atomic E-state index is 11.8. The average Bonchev–Trinajstić information content (AvgIpc) is 2.30. The van der Waals surface area contributed by atoms with E-state index < -0.39 is 27.8 Å². The van der Waals surface area contributed by atoms with Gasteiger partial charge in [-0.2, -0.15) is 0 Å². The number of hydrogen-bond donors (Lipinski definition) is 1. The van der Waals surface area contributed by atoms with Crippen LogP contribution in [0.2, 0.25) is 0 Å². The van der Waals surface area contributed by atoms with E-state index in [2.05, 4.69) is 0 Å². The molecule has 1 amide bonds. The van der Waals surface area contributed by atoms with Crippen LogP contribution in [0.3, 0.4) is 0 Å². The molecule has 0 aliphatic carbocycles. The third-order valence-corrected chi connectivity index (χ3v) is 2.66. The molecule has 0 unspecified atom stereocenters. The van der Waals surface area contributed by atoms with Gasteiger partial charge in [-0.05, 0) is 13.8 Å². The first kappa shape index (κ1) is 14.6. The number of aromatic amines is 1. The number of rotatable bonds is 4. The Morgan fingerprint density at radius 2 is 2.11 bits per heavy atom. The first-order valence-corrected chi connectivity index (χ1v) is 5.48. The molecule has 1 N–H and O–H groups in total. The Morgan fingerprint density at radius 3 is 2.58 bits per heavy atom. The number of H-pyrrole nitrogens is 1. The molecule has 0 aliphatic rings.